The van der Waals surface area contributed by atoms with Crippen LogP contribution in [0.1, 0.15) is 43.9 Å². The molecule has 6 nitrogen and oxygen atoms in total. The van der Waals surface area contributed by atoms with Crippen LogP contribution in [0.3, 0.4) is 0 Å². The number of nitrogens with zero attached hydrogens (tertiary/aromatic N) is 1. The second kappa shape index (κ2) is 11.0. The zero-order valence-electron chi connectivity index (χ0n) is 18.6. The quantitative estimate of drug-likeness (QED) is 0.504. The highest BCUT2D eigenvalue weighted by Crippen LogP contribution is 2.24. The molecule has 1 N–H and O–H groups in total. The standard InChI is InChI=1S/C27H25ClN2O4/c28-21-12-10-20(11-13-21)27(33)30-16-14-22(15-17-30)34-25-9-5-4-8-23(25)26(32)29-18-24(31)19-6-2-1-3-7-19/h1-13,22H,14-18H2,(H,29,32). The molecular formula is C27H25ClN2O4. The summed E-state index contributed by atoms with van der Waals surface area (Å²) in [6.07, 6.45) is 1.19. The van der Waals surface area contributed by atoms with Gasteiger partial charge in [0, 0.05) is 42.1 Å². The Bertz CT molecular complexity index is 1160. The number of piperidine rings is 1. The summed E-state index contributed by atoms with van der Waals surface area (Å²) in [4.78, 5) is 39.6. The molecule has 7 heteroatoms. The number of hydrogen-bond acceptors (Lipinski definition) is 4. The zero-order valence-corrected chi connectivity index (χ0v) is 19.3. The van der Waals surface area contributed by atoms with Crippen LogP contribution in [0.5, 0.6) is 5.75 Å². The van der Waals surface area contributed by atoms with Gasteiger partial charge in [-0.1, -0.05) is 54.1 Å². The fraction of sp³-hybridized carbons (Fsp3) is 0.222. The average molecular weight is 477 g/mol. The Labute approximate surface area is 203 Å². The monoisotopic (exact) mass is 476 g/mol. The van der Waals surface area contributed by atoms with Crippen molar-refractivity contribution in [2.75, 3.05) is 19.6 Å². The molecule has 1 aliphatic rings. The van der Waals surface area contributed by atoms with Gasteiger partial charge in [-0.2, -0.15) is 0 Å². The number of nitrogens with one attached hydrogen (secondary N) is 1. The summed E-state index contributed by atoms with van der Waals surface area (Å²) in [6, 6.07) is 22.7. The Balaban J connectivity index is 1.32. The first-order chi connectivity index (χ1) is 16.5. The Hall–Kier alpha value is -3.64. The minimum Gasteiger partial charge on any atom is -0.489 e. The van der Waals surface area contributed by atoms with Gasteiger partial charge in [0.25, 0.3) is 11.8 Å². The van der Waals surface area contributed by atoms with E-state index in [-0.39, 0.29) is 30.2 Å². The molecule has 0 radical (unpaired) electrons. The third kappa shape index (κ3) is 5.83. The smallest absolute Gasteiger partial charge is 0.255 e. The second-order valence-electron chi connectivity index (χ2n) is 8.08. The lowest BCUT2D eigenvalue weighted by Gasteiger charge is -2.32. The second-order valence-corrected chi connectivity index (χ2v) is 8.52. The number of carbonyl (C=O) groups is 3. The maximum Gasteiger partial charge on any atom is 0.255 e. The number of ether oxygens (including phenoxy) is 1. The number of Topliss-reactive ketones (excluding diaryl/α,β-unsaturated/α-hetero) is 1. The molecule has 1 fully saturated rings. The zero-order chi connectivity index (χ0) is 23.9. The topological polar surface area (TPSA) is 75.7 Å². The molecule has 174 valence electrons. The van der Waals surface area contributed by atoms with Gasteiger partial charge in [0.05, 0.1) is 12.1 Å². The number of halogens is 1. The first-order valence-electron chi connectivity index (χ1n) is 11.2. The van der Waals surface area contributed by atoms with Gasteiger partial charge in [0.2, 0.25) is 0 Å². The molecule has 3 aromatic carbocycles. The van der Waals surface area contributed by atoms with E-state index in [0.717, 1.165) is 0 Å². The lowest BCUT2D eigenvalue weighted by molar-refractivity contribution is 0.0593. The van der Waals surface area contributed by atoms with Crippen LogP contribution in [0, 0.1) is 0 Å². The normalized spacial score (nSPS) is 13.9. The number of ketones is 1. The van der Waals surface area contributed by atoms with Crippen LogP contribution in [0.4, 0.5) is 0 Å². The molecule has 0 spiro atoms. The minimum atomic E-state index is -0.366. The van der Waals surface area contributed by atoms with Gasteiger partial charge in [-0.25, -0.2) is 0 Å². The Morgan fingerprint density at radius 1 is 0.853 bits per heavy atom. The van der Waals surface area contributed by atoms with Crippen LogP contribution in [0.2, 0.25) is 5.02 Å². The van der Waals surface area contributed by atoms with E-state index in [1.807, 2.05) is 6.07 Å². The largest absolute Gasteiger partial charge is 0.489 e. The highest BCUT2D eigenvalue weighted by atomic mass is 35.5. The number of amides is 2. The van der Waals surface area contributed by atoms with E-state index >= 15 is 0 Å². The van der Waals surface area contributed by atoms with E-state index in [1.165, 1.54) is 0 Å². The van der Waals surface area contributed by atoms with E-state index in [1.54, 1.807) is 77.7 Å². The van der Waals surface area contributed by atoms with E-state index in [0.29, 0.717) is 53.4 Å². The molecule has 4 rings (SSSR count). The van der Waals surface area contributed by atoms with Crippen LogP contribution < -0.4 is 10.1 Å². The van der Waals surface area contributed by atoms with Crippen molar-refractivity contribution in [2.24, 2.45) is 0 Å². The van der Waals surface area contributed by atoms with Gasteiger partial charge < -0.3 is 15.0 Å². The third-order valence-corrected chi connectivity index (χ3v) is 6.00. The molecule has 0 unspecified atom stereocenters. The summed E-state index contributed by atoms with van der Waals surface area (Å²) in [7, 11) is 0. The molecule has 0 saturated carbocycles. The predicted molar refractivity (Wildman–Crippen MR) is 131 cm³/mol. The molecular weight excluding hydrogens is 452 g/mol. The fourth-order valence-electron chi connectivity index (χ4n) is 3.87. The molecule has 0 atom stereocenters. The van der Waals surface area contributed by atoms with Crippen molar-refractivity contribution in [2.45, 2.75) is 18.9 Å². The van der Waals surface area contributed by atoms with Gasteiger partial charge in [-0.05, 0) is 36.4 Å². The molecule has 3 aromatic rings. The first-order valence-corrected chi connectivity index (χ1v) is 11.6. The van der Waals surface area contributed by atoms with Gasteiger partial charge in [-0.3, -0.25) is 14.4 Å². The van der Waals surface area contributed by atoms with E-state index in [4.69, 9.17) is 16.3 Å². The first kappa shape index (κ1) is 23.5. The maximum atomic E-state index is 12.8. The van der Waals surface area contributed by atoms with Gasteiger partial charge in [-0.15, -0.1) is 0 Å². The lowest BCUT2D eigenvalue weighted by atomic mass is 10.1. The molecule has 1 heterocycles. The van der Waals surface area contributed by atoms with Gasteiger partial charge >= 0.3 is 0 Å². The third-order valence-electron chi connectivity index (χ3n) is 5.75. The maximum absolute atomic E-state index is 12.8. The van der Waals surface area contributed by atoms with Crippen molar-refractivity contribution in [3.63, 3.8) is 0 Å². The van der Waals surface area contributed by atoms with Crippen LogP contribution >= 0.6 is 11.6 Å². The molecule has 1 saturated heterocycles. The SMILES string of the molecule is O=C(CNC(=O)c1ccccc1OC1CCN(C(=O)c2ccc(Cl)cc2)CC1)c1ccccc1. The van der Waals surface area contributed by atoms with E-state index < -0.39 is 0 Å². The number of likely N-dealkylation sites (tertiary alicyclic amines) is 1. The molecule has 2 amide bonds. The Morgan fingerprint density at radius 3 is 2.21 bits per heavy atom. The Kier molecular flexibility index (Phi) is 7.60. The number of para-hydroxylation sites is 1. The van der Waals surface area contributed by atoms with Crippen LogP contribution in [0.15, 0.2) is 78.9 Å². The number of hydrogen-bond donors (Lipinski definition) is 1. The van der Waals surface area contributed by atoms with E-state index in [9.17, 15) is 14.4 Å². The summed E-state index contributed by atoms with van der Waals surface area (Å²) < 4.78 is 6.15. The number of benzene rings is 3. The van der Waals surface area contributed by atoms with Crippen LogP contribution in [-0.2, 0) is 0 Å². The molecule has 34 heavy (non-hydrogen) atoms. The summed E-state index contributed by atoms with van der Waals surface area (Å²) in [5.41, 5.74) is 1.53. The van der Waals surface area contributed by atoms with Gasteiger partial charge in [0.15, 0.2) is 5.78 Å². The minimum absolute atomic E-state index is 0.0297. The van der Waals surface area contributed by atoms with Crippen molar-refractivity contribution >= 4 is 29.2 Å². The summed E-state index contributed by atoms with van der Waals surface area (Å²) >= 11 is 5.91. The van der Waals surface area contributed by atoms with Crippen LogP contribution in [0.25, 0.3) is 0 Å². The van der Waals surface area contributed by atoms with Gasteiger partial charge in [0.1, 0.15) is 11.9 Å². The summed E-state index contributed by atoms with van der Waals surface area (Å²) in [5, 5.41) is 3.28. The van der Waals surface area contributed by atoms with Crippen molar-refractivity contribution in [3.8, 4) is 5.75 Å². The van der Waals surface area contributed by atoms with Crippen molar-refractivity contribution < 1.29 is 19.1 Å². The molecule has 0 aromatic heterocycles. The molecule has 0 bridgehead atoms. The Morgan fingerprint density at radius 2 is 1.50 bits per heavy atom. The van der Waals surface area contributed by atoms with Crippen LogP contribution in [-0.4, -0.2) is 48.2 Å². The van der Waals surface area contributed by atoms with Crippen molar-refractivity contribution in [1.82, 2.24) is 10.2 Å². The van der Waals surface area contributed by atoms with Crippen molar-refractivity contribution in [3.05, 3.63) is 101 Å². The lowest BCUT2D eigenvalue weighted by Crippen LogP contribution is -2.42. The predicted octanol–water partition coefficient (Wildman–Crippen LogP) is 4.64. The highest BCUT2D eigenvalue weighted by molar-refractivity contribution is 6.30. The number of carbonyl (C=O) groups excluding carboxylic acids is 3. The molecule has 0 aliphatic carbocycles. The fourth-order valence-corrected chi connectivity index (χ4v) is 4.00. The average Bonchev–Trinajstić information content (AvgIpc) is 2.88. The highest BCUT2D eigenvalue weighted by Gasteiger charge is 2.26. The molecule has 1 aliphatic heterocycles. The summed E-state index contributed by atoms with van der Waals surface area (Å²) in [5.74, 6) is -0.0899. The van der Waals surface area contributed by atoms with Crippen molar-refractivity contribution in [1.29, 1.82) is 0 Å². The van der Waals surface area contributed by atoms with E-state index in [2.05, 4.69) is 5.32 Å². The summed E-state index contributed by atoms with van der Waals surface area (Å²) in [6.45, 7) is 1.03. The number of rotatable bonds is 7.